The second-order valence-electron chi connectivity index (χ2n) is 1.97. The monoisotopic (exact) mass is 200 g/mol. The molecular weight excluding hydrogens is 184 g/mol. The van der Waals surface area contributed by atoms with Gasteiger partial charge < -0.3 is 9.47 Å². The van der Waals surface area contributed by atoms with Gasteiger partial charge in [-0.3, -0.25) is 4.79 Å². The van der Waals surface area contributed by atoms with Crippen LogP contribution in [-0.2, 0) is 19.1 Å². The van der Waals surface area contributed by atoms with Gasteiger partial charge in [-0.05, 0) is 6.92 Å². The van der Waals surface area contributed by atoms with Crippen molar-refractivity contribution in [1.29, 1.82) is 0 Å². The fourth-order valence-electron chi connectivity index (χ4n) is 0.377. The molecule has 0 fully saturated rings. The van der Waals surface area contributed by atoms with Gasteiger partial charge >= 0.3 is 11.9 Å². The normalized spacial score (nSPS) is 7.57. The van der Waals surface area contributed by atoms with Gasteiger partial charge in [-0.2, -0.15) is 0 Å². The van der Waals surface area contributed by atoms with Crippen molar-refractivity contribution in [2.75, 3.05) is 6.61 Å². The van der Waals surface area contributed by atoms with Crippen LogP contribution in [0.1, 0.15) is 20.3 Å². The van der Waals surface area contributed by atoms with E-state index in [1.807, 2.05) is 0 Å². The summed E-state index contributed by atoms with van der Waals surface area (Å²) in [5.74, 6) is -0.600. The standard InChI is InChI=1S/2C5H8O2/c2*1-3-5(6)7-4-2/h4H,2-3H2,1H3;3H,1,4H2,2H3. The van der Waals surface area contributed by atoms with E-state index in [1.54, 1.807) is 13.8 Å². The summed E-state index contributed by atoms with van der Waals surface area (Å²) in [6, 6.07) is 0. The Balaban J connectivity index is 0. The van der Waals surface area contributed by atoms with Crippen LogP contribution in [0.15, 0.2) is 25.5 Å². The van der Waals surface area contributed by atoms with Gasteiger partial charge in [-0.1, -0.05) is 20.1 Å². The maximum atomic E-state index is 10.1. The summed E-state index contributed by atoms with van der Waals surface area (Å²) in [4.78, 5) is 20.2. The van der Waals surface area contributed by atoms with Crippen LogP contribution in [0.25, 0.3) is 0 Å². The first-order valence-electron chi connectivity index (χ1n) is 4.21. The van der Waals surface area contributed by atoms with E-state index in [0.717, 1.165) is 12.3 Å². The van der Waals surface area contributed by atoms with Crippen LogP contribution in [0.4, 0.5) is 0 Å². The lowest BCUT2D eigenvalue weighted by Gasteiger charge is -1.90. The van der Waals surface area contributed by atoms with E-state index in [1.165, 1.54) is 0 Å². The predicted octanol–water partition coefficient (Wildman–Crippen LogP) is 1.82. The molecule has 0 atom stereocenters. The van der Waals surface area contributed by atoms with E-state index >= 15 is 0 Å². The average molecular weight is 200 g/mol. The number of rotatable bonds is 4. The molecule has 0 N–H and O–H groups in total. The molecule has 0 bridgehead atoms. The molecule has 0 aliphatic rings. The number of hydrogen-bond donors (Lipinski definition) is 0. The molecule has 0 aromatic heterocycles. The summed E-state index contributed by atoms with van der Waals surface area (Å²) in [6.45, 7) is 10.3. The zero-order chi connectivity index (χ0) is 11.4. The van der Waals surface area contributed by atoms with Crippen LogP contribution in [0.2, 0.25) is 0 Å². The first-order chi connectivity index (χ1) is 6.62. The van der Waals surface area contributed by atoms with E-state index in [4.69, 9.17) is 0 Å². The van der Waals surface area contributed by atoms with Gasteiger partial charge in [0.1, 0.15) is 0 Å². The first kappa shape index (κ1) is 14.9. The molecule has 4 nitrogen and oxygen atoms in total. The van der Waals surface area contributed by atoms with E-state index < -0.39 is 0 Å². The van der Waals surface area contributed by atoms with Crippen molar-refractivity contribution in [3.8, 4) is 0 Å². The summed E-state index contributed by atoms with van der Waals surface area (Å²) in [7, 11) is 0. The van der Waals surface area contributed by atoms with Crippen LogP contribution < -0.4 is 0 Å². The predicted molar refractivity (Wildman–Crippen MR) is 53.4 cm³/mol. The lowest BCUT2D eigenvalue weighted by atomic mass is 10.5. The van der Waals surface area contributed by atoms with E-state index in [2.05, 4.69) is 22.6 Å². The smallest absolute Gasteiger partial charge is 0.330 e. The Labute approximate surface area is 84.2 Å². The minimum atomic E-state index is -0.359. The van der Waals surface area contributed by atoms with Gasteiger partial charge in [0, 0.05) is 12.5 Å². The summed E-state index contributed by atoms with van der Waals surface area (Å²) < 4.78 is 8.75. The summed E-state index contributed by atoms with van der Waals surface area (Å²) in [6.07, 6.45) is 2.68. The number of carbonyl (C=O) groups is 2. The Morgan fingerprint density at radius 2 is 1.86 bits per heavy atom. The van der Waals surface area contributed by atoms with Crippen molar-refractivity contribution in [2.24, 2.45) is 0 Å². The highest BCUT2D eigenvalue weighted by Crippen LogP contribution is 1.81. The highest BCUT2D eigenvalue weighted by molar-refractivity contribution is 5.81. The van der Waals surface area contributed by atoms with Crippen molar-refractivity contribution in [3.63, 3.8) is 0 Å². The van der Waals surface area contributed by atoms with Crippen molar-refractivity contribution >= 4 is 11.9 Å². The molecule has 0 radical (unpaired) electrons. The molecule has 4 heteroatoms. The highest BCUT2D eigenvalue weighted by atomic mass is 16.5. The van der Waals surface area contributed by atoms with Gasteiger partial charge in [0.25, 0.3) is 0 Å². The molecule has 0 rings (SSSR count). The largest absolute Gasteiger partial charge is 0.463 e. The van der Waals surface area contributed by atoms with E-state index in [9.17, 15) is 9.59 Å². The van der Waals surface area contributed by atoms with Crippen LogP contribution in [0, 0.1) is 0 Å². The third-order valence-electron chi connectivity index (χ3n) is 0.957. The zero-order valence-corrected chi connectivity index (χ0v) is 8.62. The minimum Gasteiger partial charge on any atom is -0.463 e. The molecular formula is C10H16O4. The van der Waals surface area contributed by atoms with Gasteiger partial charge in [-0.15, -0.1) is 0 Å². The maximum absolute atomic E-state index is 10.1. The Morgan fingerprint density at radius 3 is 2.00 bits per heavy atom. The lowest BCUT2D eigenvalue weighted by Crippen LogP contribution is -1.97. The van der Waals surface area contributed by atoms with Crippen molar-refractivity contribution in [1.82, 2.24) is 0 Å². The summed E-state index contributed by atoms with van der Waals surface area (Å²) in [5.41, 5.74) is 0. The molecule has 0 spiro atoms. The molecule has 0 unspecified atom stereocenters. The van der Waals surface area contributed by atoms with Gasteiger partial charge in [0.15, 0.2) is 0 Å². The second-order valence-corrected chi connectivity index (χ2v) is 1.97. The van der Waals surface area contributed by atoms with E-state index in [0.29, 0.717) is 13.0 Å². The Hall–Kier alpha value is -1.58. The molecule has 14 heavy (non-hydrogen) atoms. The molecule has 80 valence electrons. The van der Waals surface area contributed by atoms with Crippen LogP contribution in [0.5, 0.6) is 0 Å². The molecule has 0 aliphatic heterocycles. The Kier molecular flexibility index (Phi) is 12.2. The van der Waals surface area contributed by atoms with Gasteiger partial charge in [0.2, 0.25) is 0 Å². The Morgan fingerprint density at radius 1 is 1.29 bits per heavy atom. The average Bonchev–Trinajstić information content (AvgIpc) is 2.19. The van der Waals surface area contributed by atoms with Gasteiger partial charge in [0.05, 0.1) is 12.9 Å². The highest BCUT2D eigenvalue weighted by Gasteiger charge is 1.89. The third-order valence-corrected chi connectivity index (χ3v) is 0.957. The quantitative estimate of drug-likeness (QED) is 0.394. The molecule has 0 aromatic rings. The molecule has 0 aliphatic carbocycles. The maximum Gasteiger partial charge on any atom is 0.330 e. The van der Waals surface area contributed by atoms with Crippen LogP contribution >= 0.6 is 0 Å². The van der Waals surface area contributed by atoms with E-state index in [-0.39, 0.29) is 11.9 Å². The van der Waals surface area contributed by atoms with Gasteiger partial charge in [-0.25, -0.2) is 4.79 Å². The zero-order valence-electron chi connectivity index (χ0n) is 8.62. The molecule has 0 saturated carbocycles. The second kappa shape index (κ2) is 11.4. The van der Waals surface area contributed by atoms with Crippen LogP contribution in [-0.4, -0.2) is 18.5 Å². The third kappa shape index (κ3) is 13.0. The molecule has 0 heterocycles. The van der Waals surface area contributed by atoms with Crippen molar-refractivity contribution in [2.45, 2.75) is 20.3 Å². The topological polar surface area (TPSA) is 52.6 Å². The number of carbonyl (C=O) groups excluding carboxylic acids is 2. The van der Waals surface area contributed by atoms with Crippen LogP contribution in [0.3, 0.4) is 0 Å². The lowest BCUT2D eigenvalue weighted by molar-refractivity contribution is -0.138. The Bertz CT molecular complexity index is 196. The molecule has 0 aromatic carbocycles. The molecule has 0 amide bonds. The fraction of sp³-hybridized carbons (Fsp3) is 0.400. The van der Waals surface area contributed by atoms with Crippen molar-refractivity contribution in [3.05, 3.63) is 25.5 Å². The number of ether oxygens (including phenoxy) is 2. The minimum absolute atomic E-state index is 0.241. The first-order valence-corrected chi connectivity index (χ1v) is 4.21. The summed E-state index contributed by atoms with van der Waals surface area (Å²) >= 11 is 0. The SMILES string of the molecule is C=CC(=O)OCC.C=COC(=O)CC. The number of esters is 2. The van der Waals surface area contributed by atoms with Crippen molar-refractivity contribution < 1.29 is 19.1 Å². The number of hydrogen-bond acceptors (Lipinski definition) is 4. The fourth-order valence-corrected chi connectivity index (χ4v) is 0.377. The summed E-state index contributed by atoms with van der Waals surface area (Å²) in [5, 5.41) is 0. The molecule has 0 saturated heterocycles.